The molecule has 0 bridgehead atoms. The van der Waals surface area contributed by atoms with Crippen LogP contribution < -0.4 is 21.3 Å². The van der Waals surface area contributed by atoms with E-state index in [9.17, 15) is 14.4 Å². The van der Waals surface area contributed by atoms with Crippen LogP contribution in [0, 0.1) is 5.92 Å². The number of hydrogen-bond donors (Lipinski definition) is 4. The Kier molecular flexibility index (Phi) is 11.2. The van der Waals surface area contributed by atoms with Gasteiger partial charge in [-0.25, -0.2) is 0 Å². The third-order valence-electron chi connectivity index (χ3n) is 7.96. The van der Waals surface area contributed by atoms with Crippen molar-refractivity contribution in [2.24, 2.45) is 13.0 Å². The molecule has 4 rings (SSSR count). The number of carbonyl (C=O) groups excluding carboxylic acids is 3. The first kappa shape index (κ1) is 32.1. The fourth-order valence-electron chi connectivity index (χ4n) is 5.58. The Morgan fingerprint density at radius 3 is 2.40 bits per heavy atom. The molecule has 230 valence electrons. The fourth-order valence-corrected chi connectivity index (χ4v) is 5.78. The van der Waals surface area contributed by atoms with Gasteiger partial charge < -0.3 is 21.3 Å². The molecule has 1 fully saturated rings. The second kappa shape index (κ2) is 15.0. The molecule has 2 aromatic carbocycles. The normalized spacial score (nSPS) is 18.0. The van der Waals surface area contributed by atoms with Gasteiger partial charge in [-0.05, 0) is 67.5 Å². The summed E-state index contributed by atoms with van der Waals surface area (Å²) in [6, 6.07) is 15.4. The zero-order valence-corrected chi connectivity index (χ0v) is 26.2. The standard InChI is InChI=1S/C33H43ClN6O3/c1-21(2)18-29(33(43)38-28-11-6-5-10-27(28)25-8-7-9-26(34)19-25)39-31(41)22(3)37-32(42)24-14-12-23(13-15-24)20-35-30-16-17-36-40(30)4/h7-9,12-17,19,21-22,27-29,35H,5-6,10-11,18,20H2,1-4H3,(H,37,42)(H,38,43)(H,39,41)/t22-,27-,28+,29-/m0/s1. The van der Waals surface area contributed by atoms with Crippen molar-refractivity contribution >= 4 is 35.1 Å². The molecule has 3 aromatic rings. The largest absolute Gasteiger partial charge is 0.366 e. The van der Waals surface area contributed by atoms with Crippen LogP contribution in [0.2, 0.25) is 5.02 Å². The van der Waals surface area contributed by atoms with Crippen LogP contribution in [0.15, 0.2) is 60.8 Å². The molecule has 0 unspecified atom stereocenters. The lowest BCUT2D eigenvalue weighted by atomic mass is 9.80. The van der Waals surface area contributed by atoms with Gasteiger partial charge in [0, 0.05) is 42.2 Å². The lowest BCUT2D eigenvalue weighted by Gasteiger charge is -2.34. The topological polar surface area (TPSA) is 117 Å². The summed E-state index contributed by atoms with van der Waals surface area (Å²) < 4.78 is 1.75. The number of hydrogen-bond acceptors (Lipinski definition) is 5. The maximum atomic E-state index is 13.5. The van der Waals surface area contributed by atoms with Crippen LogP contribution in [-0.4, -0.2) is 45.6 Å². The van der Waals surface area contributed by atoms with E-state index in [1.54, 1.807) is 29.9 Å². The number of aromatic nitrogens is 2. The van der Waals surface area contributed by atoms with E-state index in [4.69, 9.17) is 11.6 Å². The van der Waals surface area contributed by atoms with E-state index in [1.807, 2.05) is 57.3 Å². The summed E-state index contributed by atoms with van der Waals surface area (Å²) in [7, 11) is 1.86. The molecule has 3 amide bonds. The van der Waals surface area contributed by atoms with Crippen molar-refractivity contribution in [3.8, 4) is 0 Å². The van der Waals surface area contributed by atoms with Crippen LogP contribution in [-0.2, 0) is 23.2 Å². The third kappa shape index (κ3) is 9.07. The van der Waals surface area contributed by atoms with E-state index in [0.29, 0.717) is 23.6 Å². The van der Waals surface area contributed by atoms with E-state index in [1.165, 1.54) is 0 Å². The summed E-state index contributed by atoms with van der Waals surface area (Å²) in [6.07, 6.45) is 6.18. The maximum absolute atomic E-state index is 13.5. The number of amides is 3. The van der Waals surface area contributed by atoms with Crippen molar-refractivity contribution in [1.82, 2.24) is 25.7 Å². The summed E-state index contributed by atoms with van der Waals surface area (Å²) in [5.74, 6) is 0.288. The Morgan fingerprint density at radius 2 is 1.72 bits per heavy atom. The van der Waals surface area contributed by atoms with Crippen LogP contribution >= 0.6 is 11.6 Å². The van der Waals surface area contributed by atoms with E-state index in [0.717, 1.165) is 42.6 Å². The molecule has 4 atom stereocenters. The number of halogens is 1. The van der Waals surface area contributed by atoms with Gasteiger partial charge in [0.05, 0.1) is 6.20 Å². The molecular formula is C33H43ClN6O3. The van der Waals surface area contributed by atoms with Gasteiger partial charge in [0.25, 0.3) is 5.91 Å². The van der Waals surface area contributed by atoms with Crippen LogP contribution in [0.1, 0.15) is 80.3 Å². The summed E-state index contributed by atoms with van der Waals surface area (Å²) in [4.78, 5) is 39.6. The SMILES string of the molecule is CC(C)C[C@H](NC(=O)[C@H](C)NC(=O)c1ccc(CNc2ccnn2C)cc1)C(=O)N[C@@H]1CCCC[C@H]1c1cccc(Cl)c1. The molecule has 10 heteroatoms. The molecule has 43 heavy (non-hydrogen) atoms. The number of benzene rings is 2. The van der Waals surface area contributed by atoms with E-state index in [2.05, 4.69) is 32.4 Å². The van der Waals surface area contributed by atoms with Gasteiger partial charge in [-0.15, -0.1) is 0 Å². The van der Waals surface area contributed by atoms with Gasteiger partial charge in [-0.2, -0.15) is 5.10 Å². The summed E-state index contributed by atoms with van der Waals surface area (Å²) in [6.45, 7) is 6.24. The minimum atomic E-state index is -0.824. The van der Waals surface area contributed by atoms with Gasteiger partial charge in [-0.1, -0.05) is 62.6 Å². The summed E-state index contributed by atoms with van der Waals surface area (Å²) >= 11 is 6.26. The van der Waals surface area contributed by atoms with Gasteiger partial charge in [-0.3, -0.25) is 19.1 Å². The number of aryl methyl sites for hydroxylation is 1. The zero-order chi connectivity index (χ0) is 30.9. The predicted molar refractivity (Wildman–Crippen MR) is 170 cm³/mol. The fraction of sp³-hybridized carbons (Fsp3) is 0.455. The van der Waals surface area contributed by atoms with Crippen LogP contribution in [0.25, 0.3) is 0 Å². The van der Waals surface area contributed by atoms with Crippen molar-refractivity contribution in [2.75, 3.05) is 5.32 Å². The Morgan fingerprint density at radius 1 is 0.977 bits per heavy atom. The highest BCUT2D eigenvalue weighted by atomic mass is 35.5. The van der Waals surface area contributed by atoms with Crippen molar-refractivity contribution in [2.45, 2.75) is 83.5 Å². The average molecular weight is 607 g/mol. The number of rotatable bonds is 12. The molecule has 0 aliphatic heterocycles. The lowest BCUT2D eigenvalue weighted by Crippen LogP contribution is -2.55. The van der Waals surface area contributed by atoms with Crippen LogP contribution in [0.4, 0.5) is 5.82 Å². The number of anilines is 1. The first-order chi connectivity index (χ1) is 20.6. The highest BCUT2D eigenvalue weighted by Crippen LogP contribution is 2.34. The number of nitrogens with zero attached hydrogens (tertiary/aromatic N) is 2. The van der Waals surface area contributed by atoms with Crippen molar-refractivity contribution in [3.05, 3.63) is 82.5 Å². The lowest BCUT2D eigenvalue weighted by molar-refractivity contribution is -0.130. The first-order valence-electron chi connectivity index (χ1n) is 15.1. The van der Waals surface area contributed by atoms with E-state index >= 15 is 0 Å². The van der Waals surface area contributed by atoms with Crippen molar-refractivity contribution < 1.29 is 14.4 Å². The maximum Gasteiger partial charge on any atom is 0.251 e. The van der Waals surface area contributed by atoms with Crippen LogP contribution in [0.3, 0.4) is 0 Å². The molecule has 1 heterocycles. The smallest absolute Gasteiger partial charge is 0.251 e. The third-order valence-corrected chi connectivity index (χ3v) is 8.20. The van der Waals surface area contributed by atoms with Gasteiger partial charge in [0.1, 0.15) is 17.9 Å². The Hall–Kier alpha value is -3.85. The van der Waals surface area contributed by atoms with E-state index < -0.39 is 18.0 Å². The molecule has 4 N–H and O–H groups in total. The molecule has 9 nitrogen and oxygen atoms in total. The van der Waals surface area contributed by atoms with Crippen LogP contribution in [0.5, 0.6) is 0 Å². The van der Waals surface area contributed by atoms with Crippen molar-refractivity contribution in [3.63, 3.8) is 0 Å². The first-order valence-corrected chi connectivity index (χ1v) is 15.5. The van der Waals surface area contributed by atoms with Gasteiger partial charge in [0.15, 0.2) is 0 Å². The Bertz CT molecular complexity index is 1390. The van der Waals surface area contributed by atoms with E-state index in [-0.39, 0.29) is 29.7 Å². The minimum absolute atomic E-state index is 0.0364. The molecule has 0 saturated heterocycles. The molecule has 0 spiro atoms. The number of carbonyl (C=O) groups is 3. The van der Waals surface area contributed by atoms with Gasteiger partial charge >= 0.3 is 0 Å². The molecule has 1 saturated carbocycles. The quantitative estimate of drug-likeness (QED) is 0.227. The average Bonchev–Trinajstić information content (AvgIpc) is 3.40. The summed E-state index contributed by atoms with van der Waals surface area (Å²) in [5.41, 5.74) is 2.57. The minimum Gasteiger partial charge on any atom is -0.366 e. The molecular weight excluding hydrogens is 564 g/mol. The predicted octanol–water partition coefficient (Wildman–Crippen LogP) is 5.18. The molecule has 1 aliphatic rings. The second-order valence-electron chi connectivity index (χ2n) is 11.8. The Labute approximate surface area is 259 Å². The highest BCUT2D eigenvalue weighted by molar-refractivity contribution is 6.30. The molecule has 0 radical (unpaired) electrons. The summed E-state index contributed by atoms with van der Waals surface area (Å²) in [5, 5.41) is 17.0. The monoisotopic (exact) mass is 606 g/mol. The van der Waals surface area contributed by atoms with Crippen molar-refractivity contribution in [1.29, 1.82) is 0 Å². The highest BCUT2D eigenvalue weighted by Gasteiger charge is 2.32. The number of nitrogens with one attached hydrogen (secondary N) is 4. The van der Waals surface area contributed by atoms with Gasteiger partial charge in [0.2, 0.25) is 11.8 Å². The molecule has 1 aromatic heterocycles. The molecule has 1 aliphatic carbocycles. The second-order valence-corrected chi connectivity index (χ2v) is 12.3. The zero-order valence-electron chi connectivity index (χ0n) is 25.4. The Balaban J connectivity index is 1.33.